The van der Waals surface area contributed by atoms with Gasteiger partial charge >= 0.3 is 0 Å². The highest BCUT2D eigenvalue weighted by Gasteiger charge is 2.22. The summed E-state index contributed by atoms with van der Waals surface area (Å²) < 4.78 is 0. The lowest BCUT2D eigenvalue weighted by atomic mass is 10.1. The molecule has 0 saturated carbocycles. The van der Waals surface area contributed by atoms with Gasteiger partial charge in [0, 0.05) is 17.5 Å². The van der Waals surface area contributed by atoms with Crippen molar-refractivity contribution in [3.8, 4) is 0 Å². The number of carbonyl (C=O) groups is 1. The largest absolute Gasteiger partial charge is 0.348 e. The molecule has 0 aliphatic carbocycles. The van der Waals surface area contributed by atoms with Gasteiger partial charge in [-0.25, -0.2) is 0 Å². The molecule has 1 atom stereocenters. The first-order valence-electron chi connectivity index (χ1n) is 5.08. The molecule has 1 aromatic rings. The van der Waals surface area contributed by atoms with Crippen molar-refractivity contribution >= 4 is 23.2 Å². The second-order valence-electron chi connectivity index (χ2n) is 3.76. The number of nitro benzene ring substituents is 1. The van der Waals surface area contributed by atoms with Crippen molar-refractivity contribution in [3.05, 3.63) is 39.4 Å². The van der Waals surface area contributed by atoms with Gasteiger partial charge in [0.1, 0.15) is 5.56 Å². The van der Waals surface area contributed by atoms with Gasteiger partial charge in [0.25, 0.3) is 11.6 Å². The van der Waals surface area contributed by atoms with Crippen LogP contribution in [0.1, 0.15) is 22.8 Å². The van der Waals surface area contributed by atoms with Crippen LogP contribution in [0.3, 0.4) is 0 Å². The number of halogens is 1. The number of hydrogen-bond donors (Lipinski definition) is 1. The van der Waals surface area contributed by atoms with Crippen LogP contribution in [0.5, 0.6) is 0 Å². The summed E-state index contributed by atoms with van der Waals surface area (Å²) in [5.41, 5.74) is 0.361. The number of benzene rings is 1. The van der Waals surface area contributed by atoms with E-state index in [1.165, 1.54) is 6.07 Å². The monoisotopic (exact) mass is 256 g/mol. The quantitative estimate of drug-likeness (QED) is 0.510. The molecule has 6 heteroatoms. The average Bonchev–Trinajstić information content (AvgIpc) is 2.27. The Bertz CT molecular complexity index is 448. The van der Waals surface area contributed by atoms with E-state index < -0.39 is 10.8 Å². The minimum atomic E-state index is -0.546. The second-order valence-corrected chi connectivity index (χ2v) is 4.07. The molecule has 0 bridgehead atoms. The molecule has 1 aromatic carbocycles. The first-order valence-corrected chi connectivity index (χ1v) is 5.61. The van der Waals surface area contributed by atoms with Gasteiger partial charge in [0.05, 0.1) is 4.92 Å². The maximum Gasteiger partial charge on any atom is 0.285 e. The van der Waals surface area contributed by atoms with Crippen molar-refractivity contribution in [2.24, 2.45) is 0 Å². The summed E-state index contributed by atoms with van der Waals surface area (Å²) in [4.78, 5) is 22.2. The summed E-state index contributed by atoms with van der Waals surface area (Å²) in [6.07, 6.45) is 0. The normalized spacial score (nSPS) is 11.9. The fraction of sp³-hybridized carbons (Fsp3) is 0.364. The molecular formula is C11H13ClN2O3. The van der Waals surface area contributed by atoms with Crippen LogP contribution in [0.4, 0.5) is 5.69 Å². The molecule has 0 aliphatic heterocycles. The van der Waals surface area contributed by atoms with E-state index in [1.54, 1.807) is 26.0 Å². The van der Waals surface area contributed by atoms with E-state index >= 15 is 0 Å². The zero-order chi connectivity index (χ0) is 13.0. The molecule has 1 rings (SSSR count). The summed E-state index contributed by atoms with van der Waals surface area (Å²) in [6, 6.07) is 4.41. The molecule has 0 radical (unpaired) electrons. The van der Waals surface area contributed by atoms with Crippen LogP contribution in [-0.4, -0.2) is 22.8 Å². The van der Waals surface area contributed by atoms with E-state index in [2.05, 4.69) is 5.32 Å². The van der Waals surface area contributed by atoms with Gasteiger partial charge in [-0.1, -0.05) is 12.1 Å². The number of carbonyl (C=O) groups excluding carboxylic acids is 1. The lowest BCUT2D eigenvalue weighted by Crippen LogP contribution is -2.34. The van der Waals surface area contributed by atoms with Crippen molar-refractivity contribution in [1.82, 2.24) is 5.32 Å². The molecule has 0 fully saturated rings. The van der Waals surface area contributed by atoms with Gasteiger partial charge in [0.15, 0.2) is 0 Å². The molecule has 1 amide bonds. The first kappa shape index (κ1) is 13.4. The molecule has 92 valence electrons. The van der Waals surface area contributed by atoms with Gasteiger partial charge in [-0.05, 0) is 19.9 Å². The third-order valence-corrected chi connectivity index (χ3v) is 2.74. The predicted octanol–water partition coefficient (Wildman–Crippen LogP) is 2.26. The minimum Gasteiger partial charge on any atom is -0.348 e. The molecule has 0 heterocycles. The van der Waals surface area contributed by atoms with Crippen LogP contribution in [0.2, 0.25) is 0 Å². The van der Waals surface area contributed by atoms with Crippen molar-refractivity contribution < 1.29 is 9.72 Å². The second kappa shape index (κ2) is 5.63. The third-order valence-electron chi connectivity index (χ3n) is 2.27. The standard InChI is InChI=1S/C11H13ClN2O3/c1-7-4-3-5-9(10(7)14(16)17)11(15)13-8(2)6-12/h3-5,8H,6H2,1-2H3,(H,13,15). The average molecular weight is 257 g/mol. The van der Waals surface area contributed by atoms with Crippen LogP contribution in [-0.2, 0) is 0 Å². The number of amides is 1. The topological polar surface area (TPSA) is 72.2 Å². The van der Waals surface area contributed by atoms with Crippen LogP contribution in [0.25, 0.3) is 0 Å². The zero-order valence-corrected chi connectivity index (χ0v) is 10.3. The fourth-order valence-electron chi connectivity index (χ4n) is 1.42. The van der Waals surface area contributed by atoms with E-state index in [1.807, 2.05) is 0 Å². The van der Waals surface area contributed by atoms with Crippen LogP contribution < -0.4 is 5.32 Å². The van der Waals surface area contributed by atoms with E-state index in [0.717, 1.165) is 0 Å². The van der Waals surface area contributed by atoms with E-state index in [-0.39, 0.29) is 23.2 Å². The molecule has 0 aromatic heterocycles. The highest BCUT2D eigenvalue weighted by Crippen LogP contribution is 2.22. The summed E-state index contributed by atoms with van der Waals surface area (Å²) in [6.45, 7) is 3.33. The number of para-hydroxylation sites is 1. The van der Waals surface area contributed by atoms with Gasteiger partial charge < -0.3 is 5.32 Å². The highest BCUT2D eigenvalue weighted by molar-refractivity contribution is 6.18. The Balaban J connectivity index is 3.09. The van der Waals surface area contributed by atoms with Crippen LogP contribution in [0.15, 0.2) is 18.2 Å². The van der Waals surface area contributed by atoms with Gasteiger partial charge in [-0.3, -0.25) is 14.9 Å². The number of aryl methyl sites for hydroxylation is 1. The minimum absolute atomic E-state index is 0.0620. The van der Waals surface area contributed by atoms with Crippen molar-refractivity contribution in [2.45, 2.75) is 19.9 Å². The third kappa shape index (κ3) is 3.17. The van der Waals surface area contributed by atoms with Gasteiger partial charge in [0.2, 0.25) is 0 Å². The Kier molecular flexibility index (Phi) is 4.45. The first-order chi connectivity index (χ1) is 7.97. The van der Waals surface area contributed by atoms with Crippen LogP contribution in [0, 0.1) is 17.0 Å². The number of hydrogen-bond acceptors (Lipinski definition) is 3. The smallest absolute Gasteiger partial charge is 0.285 e. The SMILES string of the molecule is Cc1cccc(C(=O)NC(C)CCl)c1[N+](=O)[O-]. The molecule has 17 heavy (non-hydrogen) atoms. The lowest BCUT2D eigenvalue weighted by molar-refractivity contribution is -0.385. The Labute approximate surface area is 104 Å². The molecule has 0 spiro atoms. The predicted molar refractivity (Wildman–Crippen MR) is 65.5 cm³/mol. The van der Waals surface area contributed by atoms with E-state index in [4.69, 9.17) is 11.6 Å². The Morgan fingerprint density at radius 3 is 2.76 bits per heavy atom. The summed E-state index contributed by atoms with van der Waals surface area (Å²) in [5, 5.41) is 13.5. The van der Waals surface area contributed by atoms with E-state index in [0.29, 0.717) is 5.56 Å². The highest BCUT2D eigenvalue weighted by atomic mass is 35.5. The van der Waals surface area contributed by atoms with Crippen molar-refractivity contribution in [2.75, 3.05) is 5.88 Å². The number of rotatable bonds is 4. The molecule has 0 aliphatic rings. The maximum absolute atomic E-state index is 11.8. The summed E-state index contributed by atoms with van der Waals surface area (Å²) >= 11 is 5.57. The van der Waals surface area contributed by atoms with Gasteiger partial charge in [-0.15, -0.1) is 11.6 Å². The van der Waals surface area contributed by atoms with Crippen LogP contribution >= 0.6 is 11.6 Å². The molecule has 5 nitrogen and oxygen atoms in total. The molecule has 0 saturated heterocycles. The fourth-order valence-corrected chi connectivity index (χ4v) is 1.50. The number of nitrogens with one attached hydrogen (secondary N) is 1. The van der Waals surface area contributed by atoms with E-state index in [9.17, 15) is 14.9 Å². The maximum atomic E-state index is 11.8. The molecule has 1 unspecified atom stereocenters. The molecular weight excluding hydrogens is 244 g/mol. The Morgan fingerprint density at radius 2 is 2.24 bits per heavy atom. The number of alkyl halides is 1. The number of nitro groups is 1. The zero-order valence-electron chi connectivity index (χ0n) is 9.57. The van der Waals surface area contributed by atoms with Crippen molar-refractivity contribution in [3.63, 3.8) is 0 Å². The molecule has 1 N–H and O–H groups in total. The Hall–Kier alpha value is -1.62. The lowest BCUT2D eigenvalue weighted by Gasteiger charge is -2.11. The van der Waals surface area contributed by atoms with Crippen molar-refractivity contribution in [1.29, 1.82) is 0 Å². The summed E-state index contributed by atoms with van der Waals surface area (Å²) in [7, 11) is 0. The van der Waals surface area contributed by atoms with Gasteiger partial charge in [-0.2, -0.15) is 0 Å². The Morgan fingerprint density at radius 1 is 1.59 bits per heavy atom. The summed E-state index contributed by atoms with van der Waals surface area (Å²) in [5.74, 6) is -0.223. The number of nitrogens with zero attached hydrogens (tertiary/aromatic N) is 1.